The molecule has 5 heteroatoms. The summed E-state index contributed by atoms with van der Waals surface area (Å²) < 4.78 is 22.6. The maximum atomic E-state index is 11.2. The minimum Gasteiger partial charge on any atom is -0.460 e. The summed E-state index contributed by atoms with van der Waals surface area (Å²) in [4.78, 5) is 11.2. The predicted molar refractivity (Wildman–Crippen MR) is 96.5 cm³/mol. The summed E-state index contributed by atoms with van der Waals surface area (Å²) >= 11 is 0. The van der Waals surface area contributed by atoms with Gasteiger partial charge in [0, 0.05) is 26.7 Å². The molecule has 0 amide bonds. The van der Waals surface area contributed by atoms with Crippen LogP contribution in [0.3, 0.4) is 0 Å². The highest BCUT2D eigenvalue weighted by Gasteiger charge is 2.30. The second-order valence-corrected chi connectivity index (χ2v) is 7.43. The third kappa shape index (κ3) is 7.47. The number of esters is 1. The molecule has 0 aromatic carbocycles. The van der Waals surface area contributed by atoms with Crippen molar-refractivity contribution in [3.05, 3.63) is 11.6 Å². The zero-order valence-corrected chi connectivity index (χ0v) is 16.0. The number of ether oxygens (including phenoxy) is 4. The molecule has 2 aliphatic rings. The molecule has 4 atom stereocenters. The lowest BCUT2D eigenvalue weighted by atomic mass is 9.84. The van der Waals surface area contributed by atoms with Crippen molar-refractivity contribution in [1.29, 1.82) is 0 Å². The Hall–Kier alpha value is -0.910. The van der Waals surface area contributed by atoms with E-state index in [0.717, 1.165) is 32.1 Å². The normalized spacial score (nSPS) is 30.0. The van der Waals surface area contributed by atoms with Gasteiger partial charge >= 0.3 is 5.97 Å². The van der Waals surface area contributed by atoms with Gasteiger partial charge in [-0.3, -0.25) is 4.79 Å². The molecule has 1 aliphatic carbocycles. The fraction of sp³-hybridized carbons (Fsp3) is 0.850. The molecule has 2 fully saturated rings. The molecule has 2 rings (SSSR count). The van der Waals surface area contributed by atoms with Crippen molar-refractivity contribution in [3.63, 3.8) is 0 Å². The molecule has 0 aromatic rings. The van der Waals surface area contributed by atoms with E-state index in [4.69, 9.17) is 18.9 Å². The topological polar surface area (TPSA) is 54.0 Å². The van der Waals surface area contributed by atoms with E-state index < -0.39 is 0 Å². The summed E-state index contributed by atoms with van der Waals surface area (Å²) in [6, 6.07) is 0. The molecule has 0 bridgehead atoms. The van der Waals surface area contributed by atoms with E-state index in [1.807, 2.05) is 0 Å². The average molecular weight is 354 g/mol. The van der Waals surface area contributed by atoms with Gasteiger partial charge in [0.05, 0.1) is 18.8 Å². The van der Waals surface area contributed by atoms with Crippen molar-refractivity contribution >= 4 is 5.97 Å². The fourth-order valence-corrected chi connectivity index (χ4v) is 3.70. The van der Waals surface area contributed by atoms with Crippen LogP contribution in [-0.4, -0.2) is 51.2 Å². The van der Waals surface area contributed by atoms with Gasteiger partial charge in [0.15, 0.2) is 0 Å². The highest BCUT2D eigenvalue weighted by molar-refractivity contribution is 5.70. The smallest absolute Gasteiger partial charge is 0.306 e. The first-order valence-electron chi connectivity index (χ1n) is 9.65. The summed E-state index contributed by atoms with van der Waals surface area (Å²) in [7, 11) is 1.78. The zero-order chi connectivity index (χ0) is 18.1. The molecule has 25 heavy (non-hydrogen) atoms. The molecule has 1 aliphatic heterocycles. The lowest BCUT2D eigenvalue weighted by molar-refractivity contribution is -0.157. The predicted octanol–water partition coefficient (Wildman–Crippen LogP) is 3.66. The molecular formula is C20H34O5. The largest absolute Gasteiger partial charge is 0.460 e. The van der Waals surface area contributed by atoms with Gasteiger partial charge in [-0.25, -0.2) is 0 Å². The van der Waals surface area contributed by atoms with Crippen LogP contribution in [0.2, 0.25) is 0 Å². The van der Waals surface area contributed by atoms with E-state index in [1.54, 1.807) is 7.11 Å². The zero-order valence-electron chi connectivity index (χ0n) is 16.0. The number of methoxy groups -OCH3 is 1. The molecule has 0 radical (unpaired) electrons. The number of allylic oxidation sites excluding steroid dienone is 2. The van der Waals surface area contributed by atoms with Gasteiger partial charge in [-0.05, 0) is 58.3 Å². The quantitative estimate of drug-likeness (QED) is 0.359. The minimum atomic E-state index is -0.0995. The van der Waals surface area contributed by atoms with Gasteiger partial charge in [-0.1, -0.05) is 11.6 Å². The highest BCUT2D eigenvalue weighted by Crippen LogP contribution is 2.30. The molecule has 1 saturated carbocycles. The Morgan fingerprint density at radius 1 is 1.20 bits per heavy atom. The van der Waals surface area contributed by atoms with Gasteiger partial charge in [-0.2, -0.15) is 0 Å². The van der Waals surface area contributed by atoms with Gasteiger partial charge in [-0.15, -0.1) is 0 Å². The van der Waals surface area contributed by atoms with Crippen LogP contribution in [0.25, 0.3) is 0 Å². The second-order valence-electron chi connectivity index (χ2n) is 7.43. The lowest BCUT2D eigenvalue weighted by Crippen LogP contribution is -2.37. The summed E-state index contributed by atoms with van der Waals surface area (Å²) in [5, 5.41) is 0. The van der Waals surface area contributed by atoms with Crippen molar-refractivity contribution in [2.45, 2.75) is 77.1 Å². The minimum absolute atomic E-state index is 0.0644. The molecule has 144 valence electrons. The number of carbonyl (C=O) groups is 1. The number of hydrogen-bond acceptors (Lipinski definition) is 5. The third-order valence-electron chi connectivity index (χ3n) is 4.92. The van der Waals surface area contributed by atoms with Gasteiger partial charge in [0.2, 0.25) is 0 Å². The van der Waals surface area contributed by atoms with Gasteiger partial charge < -0.3 is 18.9 Å². The monoisotopic (exact) mass is 354 g/mol. The Labute approximate surface area is 152 Å². The van der Waals surface area contributed by atoms with E-state index in [9.17, 15) is 4.79 Å². The molecule has 5 nitrogen and oxygen atoms in total. The molecular weight excluding hydrogens is 320 g/mol. The van der Waals surface area contributed by atoms with Crippen molar-refractivity contribution in [2.24, 2.45) is 5.92 Å². The SMILES string of the molecule is CO[C@@H]1CC(C=C(C)C)CCC1OCCCOCC1CCCC(=O)O1. The Morgan fingerprint density at radius 2 is 2.04 bits per heavy atom. The standard InChI is InChI=1S/C20H34O5/c1-15(2)12-16-8-9-18(19(13-16)22-3)24-11-5-10-23-14-17-6-4-7-20(21)25-17/h12,16-19H,4-11,13-14H2,1-3H3/t16?,17?,18?,19-/m1/s1. The van der Waals surface area contributed by atoms with Crippen molar-refractivity contribution in [2.75, 3.05) is 26.9 Å². The van der Waals surface area contributed by atoms with Crippen LogP contribution in [0, 0.1) is 5.92 Å². The van der Waals surface area contributed by atoms with E-state index in [1.165, 1.54) is 12.0 Å². The molecule has 0 N–H and O–H groups in total. The molecule has 3 unspecified atom stereocenters. The van der Waals surface area contributed by atoms with Crippen LogP contribution < -0.4 is 0 Å². The Kier molecular flexibility index (Phi) is 8.93. The number of rotatable bonds is 9. The van der Waals surface area contributed by atoms with Gasteiger partial charge in [0.1, 0.15) is 6.10 Å². The van der Waals surface area contributed by atoms with E-state index in [2.05, 4.69) is 19.9 Å². The van der Waals surface area contributed by atoms with Crippen LogP contribution in [0.1, 0.15) is 58.8 Å². The Balaban J connectivity index is 1.56. The fourth-order valence-electron chi connectivity index (χ4n) is 3.70. The summed E-state index contributed by atoms with van der Waals surface area (Å²) in [5.74, 6) is 0.508. The summed E-state index contributed by atoms with van der Waals surface area (Å²) in [6.45, 7) is 6.12. The van der Waals surface area contributed by atoms with Crippen LogP contribution in [0.4, 0.5) is 0 Å². The summed E-state index contributed by atoms with van der Waals surface area (Å²) in [5.41, 5.74) is 1.38. The average Bonchev–Trinajstić information content (AvgIpc) is 2.58. The Morgan fingerprint density at radius 3 is 2.76 bits per heavy atom. The van der Waals surface area contributed by atoms with Crippen LogP contribution in [0.5, 0.6) is 0 Å². The first-order chi connectivity index (χ1) is 12.1. The van der Waals surface area contributed by atoms with Gasteiger partial charge in [0.25, 0.3) is 0 Å². The lowest BCUT2D eigenvalue weighted by Gasteiger charge is -2.34. The molecule has 1 heterocycles. The summed E-state index contributed by atoms with van der Waals surface area (Å²) in [6.07, 6.45) is 9.12. The maximum absolute atomic E-state index is 11.2. The van der Waals surface area contributed by atoms with Crippen molar-refractivity contribution in [3.8, 4) is 0 Å². The van der Waals surface area contributed by atoms with Crippen LogP contribution >= 0.6 is 0 Å². The number of cyclic esters (lactones) is 1. The van der Waals surface area contributed by atoms with E-state index in [0.29, 0.717) is 32.2 Å². The molecule has 1 saturated heterocycles. The van der Waals surface area contributed by atoms with Crippen LogP contribution in [0.15, 0.2) is 11.6 Å². The second kappa shape index (κ2) is 10.9. The first-order valence-corrected chi connectivity index (χ1v) is 9.65. The van der Waals surface area contributed by atoms with E-state index in [-0.39, 0.29) is 24.3 Å². The third-order valence-corrected chi connectivity index (χ3v) is 4.92. The maximum Gasteiger partial charge on any atom is 0.306 e. The Bertz CT molecular complexity index is 430. The first kappa shape index (κ1) is 20.4. The molecule has 0 aromatic heterocycles. The number of hydrogen-bond donors (Lipinski definition) is 0. The van der Waals surface area contributed by atoms with E-state index >= 15 is 0 Å². The van der Waals surface area contributed by atoms with Crippen molar-refractivity contribution < 1.29 is 23.7 Å². The van der Waals surface area contributed by atoms with Crippen molar-refractivity contribution in [1.82, 2.24) is 0 Å². The molecule has 0 spiro atoms. The number of carbonyl (C=O) groups excluding carboxylic acids is 1. The van der Waals surface area contributed by atoms with Crippen LogP contribution in [-0.2, 0) is 23.7 Å². The highest BCUT2D eigenvalue weighted by atomic mass is 16.6.